The summed E-state index contributed by atoms with van der Waals surface area (Å²) in [5.41, 5.74) is 0. The predicted molar refractivity (Wildman–Crippen MR) is 78.1 cm³/mol. The molecule has 0 aliphatic heterocycles. The van der Waals surface area contributed by atoms with Crippen molar-refractivity contribution >= 4 is 33.2 Å². The number of nitrogens with zero attached hydrogens (tertiary/aromatic N) is 2. The summed E-state index contributed by atoms with van der Waals surface area (Å²) >= 11 is 5.26. The Balaban J connectivity index is 1.89. The molecule has 1 N–H and O–H groups in total. The monoisotopic (exact) mass is 329 g/mol. The van der Waals surface area contributed by atoms with Crippen LogP contribution in [0.25, 0.3) is 0 Å². The van der Waals surface area contributed by atoms with E-state index in [1.54, 1.807) is 18.4 Å². The van der Waals surface area contributed by atoms with E-state index in [0.29, 0.717) is 0 Å². The molecule has 0 unspecified atom stereocenters. The minimum absolute atomic E-state index is 0.772. The molecular weight excluding hydrogens is 314 g/mol. The molecule has 0 saturated carbocycles. The first kappa shape index (κ1) is 13.6. The summed E-state index contributed by atoms with van der Waals surface area (Å²) in [4.78, 5) is 5.60. The number of aryl methyl sites for hydroxylation is 1. The molecule has 2 rings (SSSR count). The van der Waals surface area contributed by atoms with Crippen molar-refractivity contribution in [2.45, 2.75) is 19.5 Å². The Morgan fingerprint density at radius 1 is 1.56 bits per heavy atom. The third-order valence-corrected chi connectivity index (χ3v) is 4.49. The maximum atomic E-state index is 5.06. The van der Waals surface area contributed by atoms with Gasteiger partial charge in [-0.1, -0.05) is 0 Å². The van der Waals surface area contributed by atoms with Crippen molar-refractivity contribution in [1.29, 1.82) is 0 Å². The summed E-state index contributed by atoms with van der Waals surface area (Å²) in [7, 11) is 1.72. The van der Waals surface area contributed by atoms with Gasteiger partial charge in [0.15, 0.2) is 0 Å². The number of methoxy groups -OCH3 is 1. The lowest BCUT2D eigenvalue weighted by atomic mass is 10.4. The lowest BCUT2D eigenvalue weighted by Crippen LogP contribution is -2.08. The smallest absolute Gasteiger partial charge is 0.203 e. The molecule has 0 atom stereocenters. The fourth-order valence-corrected chi connectivity index (χ4v) is 3.08. The molecule has 0 aromatic carbocycles. The summed E-state index contributed by atoms with van der Waals surface area (Å²) in [6, 6.07) is 2.06. The number of thiophene rings is 1. The van der Waals surface area contributed by atoms with Gasteiger partial charge >= 0.3 is 0 Å². The van der Waals surface area contributed by atoms with E-state index in [0.717, 1.165) is 36.5 Å². The minimum atomic E-state index is 0.772. The van der Waals surface area contributed by atoms with E-state index in [9.17, 15) is 0 Å². The summed E-state index contributed by atoms with van der Waals surface area (Å²) in [6.07, 6.45) is 4.80. The van der Waals surface area contributed by atoms with Crippen LogP contribution in [0.3, 0.4) is 0 Å². The molecular formula is C12H16BrN3OS. The van der Waals surface area contributed by atoms with Gasteiger partial charge in [-0.2, -0.15) is 0 Å². The highest BCUT2D eigenvalue weighted by Gasteiger charge is 2.05. The SMILES string of the molecule is COCCCn1ccnc1NCc1sccc1Br. The second-order valence-corrected chi connectivity index (χ2v) is 5.69. The van der Waals surface area contributed by atoms with Crippen molar-refractivity contribution in [3.05, 3.63) is 33.2 Å². The summed E-state index contributed by atoms with van der Waals surface area (Å²) in [5.74, 6) is 0.909. The second kappa shape index (κ2) is 6.92. The standard InChI is InChI=1S/C12H16BrN3OS/c1-17-7-2-5-16-6-4-14-12(16)15-9-11-10(13)3-8-18-11/h3-4,6,8H,2,5,7,9H2,1H3,(H,14,15). The van der Waals surface area contributed by atoms with Gasteiger partial charge in [0.05, 0.1) is 6.54 Å². The van der Waals surface area contributed by atoms with Crippen molar-refractivity contribution < 1.29 is 4.74 Å². The maximum absolute atomic E-state index is 5.06. The highest BCUT2D eigenvalue weighted by atomic mass is 79.9. The van der Waals surface area contributed by atoms with Crippen molar-refractivity contribution in [2.24, 2.45) is 0 Å². The zero-order valence-corrected chi connectivity index (χ0v) is 12.6. The van der Waals surface area contributed by atoms with Gasteiger partial charge in [-0.3, -0.25) is 0 Å². The first-order valence-corrected chi connectivity index (χ1v) is 7.44. The highest BCUT2D eigenvalue weighted by molar-refractivity contribution is 9.10. The normalized spacial score (nSPS) is 10.8. The Morgan fingerprint density at radius 3 is 3.17 bits per heavy atom. The van der Waals surface area contributed by atoms with Gasteiger partial charge in [-0.15, -0.1) is 11.3 Å². The Morgan fingerprint density at radius 2 is 2.44 bits per heavy atom. The lowest BCUT2D eigenvalue weighted by molar-refractivity contribution is 0.190. The van der Waals surface area contributed by atoms with Gasteiger partial charge in [-0.05, 0) is 33.8 Å². The van der Waals surface area contributed by atoms with Crippen LogP contribution in [-0.4, -0.2) is 23.3 Å². The maximum Gasteiger partial charge on any atom is 0.203 e. The zero-order valence-electron chi connectivity index (χ0n) is 10.2. The molecule has 4 nitrogen and oxygen atoms in total. The molecule has 6 heteroatoms. The topological polar surface area (TPSA) is 39.1 Å². The Hall–Kier alpha value is -0.850. The van der Waals surface area contributed by atoms with Crippen LogP contribution < -0.4 is 5.32 Å². The Labute approximate surface area is 119 Å². The predicted octanol–water partition coefficient (Wildman–Crippen LogP) is 3.36. The van der Waals surface area contributed by atoms with E-state index in [2.05, 4.69) is 42.2 Å². The number of hydrogen-bond acceptors (Lipinski definition) is 4. The molecule has 2 aromatic rings. The van der Waals surface area contributed by atoms with Gasteiger partial charge in [0, 0.05) is 42.0 Å². The van der Waals surface area contributed by atoms with Crippen molar-refractivity contribution in [3.8, 4) is 0 Å². The molecule has 2 aromatic heterocycles. The van der Waals surface area contributed by atoms with Crippen LogP contribution in [0.4, 0.5) is 5.95 Å². The lowest BCUT2D eigenvalue weighted by Gasteiger charge is -2.09. The fourth-order valence-electron chi connectivity index (χ4n) is 1.65. The molecule has 0 saturated heterocycles. The molecule has 98 valence electrons. The summed E-state index contributed by atoms with van der Waals surface area (Å²) in [6.45, 7) is 2.48. The summed E-state index contributed by atoms with van der Waals surface area (Å²) in [5, 5.41) is 5.43. The van der Waals surface area contributed by atoms with Crippen LogP contribution in [0.5, 0.6) is 0 Å². The third kappa shape index (κ3) is 3.57. The van der Waals surface area contributed by atoms with Crippen LogP contribution in [-0.2, 0) is 17.8 Å². The Kier molecular flexibility index (Phi) is 5.22. The molecule has 18 heavy (non-hydrogen) atoms. The number of hydrogen-bond donors (Lipinski definition) is 1. The number of imidazole rings is 1. The molecule has 0 fully saturated rings. The third-order valence-electron chi connectivity index (χ3n) is 2.56. The van der Waals surface area contributed by atoms with E-state index < -0.39 is 0 Å². The minimum Gasteiger partial charge on any atom is -0.385 e. The number of nitrogens with one attached hydrogen (secondary N) is 1. The van der Waals surface area contributed by atoms with Crippen LogP contribution in [0.2, 0.25) is 0 Å². The van der Waals surface area contributed by atoms with Crippen molar-refractivity contribution in [1.82, 2.24) is 9.55 Å². The van der Waals surface area contributed by atoms with Crippen LogP contribution in [0.1, 0.15) is 11.3 Å². The van der Waals surface area contributed by atoms with E-state index in [1.807, 2.05) is 12.4 Å². The number of aromatic nitrogens is 2. The molecule has 0 amide bonds. The van der Waals surface area contributed by atoms with E-state index in [4.69, 9.17) is 4.74 Å². The quantitative estimate of drug-likeness (QED) is 0.791. The number of ether oxygens (including phenoxy) is 1. The zero-order chi connectivity index (χ0) is 12.8. The van der Waals surface area contributed by atoms with E-state index in [1.165, 1.54) is 4.88 Å². The molecule has 0 radical (unpaired) electrons. The molecule has 0 aliphatic rings. The first-order valence-electron chi connectivity index (χ1n) is 5.77. The van der Waals surface area contributed by atoms with Gasteiger partial charge in [0.25, 0.3) is 0 Å². The number of anilines is 1. The summed E-state index contributed by atoms with van der Waals surface area (Å²) < 4.78 is 8.32. The average molecular weight is 330 g/mol. The van der Waals surface area contributed by atoms with Crippen LogP contribution >= 0.6 is 27.3 Å². The Bertz CT molecular complexity index is 483. The van der Waals surface area contributed by atoms with Gasteiger partial charge in [-0.25, -0.2) is 4.98 Å². The largest absolute Gasteiger partial charge is 0.385 e. The molecule has 0 aliphatic carbocycles. The highest BCUT2D eigenvalue weighted by Crippen LogP contribution is 2.23. The number of rotatable bonds is 7. The van der Waals surface area contributed by atoms with E-state index in [-0.39, 0.29) is 0 Å². The number of halogens is 1. The van der Waals surface area contributed by atoms with Gasteiger partial charge in [0.1, 0.15) is 0 Å². The van der Waals surface area contributed by atoms with E-state index >= 15 is 0 Å². The van der Waals surface area contributed by atoms with Crippen molar-refractivity contribution in [3.63, 3.8) is 0 Å². The molecule has 0 spiro atoms. The molecule has 0 bridgehead atoms. The fraction of sp³-hybridized carbons (Fsp3) is 0.417. The average Bonchev–Trinajstić information content (AvgIpc) is 2.96. The van der Waals surface area contributed by atoms with Crippen LogP contribution in [0, 0.1) is 0 Å². The van der Waals surface area contributed by atoms with Gasteiger partial charge in [0.2, 0.25) is 5.95 Å². The van der Waals surface area contributed by atoms with Crippen LogP contribution in [0.15, 0.2) is 28.3 Å². The van der Waals surface area contributed by atoms with Gasteiger partial charge < -0.3 is 14.6 Å². The molecule has 2 heterocycles. The van der Waals surface area contributed by atoms with Crippen molar-refractivity contribution in [2.75, 3.05) is 19.0 Å². The second-order valence-electron chi connectivity index (χ2n) is 3.84. The first-order chi connectivity index (χ1) is 8.81.